The van der Waals surface area contributed by atoms with E-state index >= 15 is 0 Å². The number of β-amino-alcohol motifs (C(OH)–C–C–N with tert-alkyl or cyclic N) is 1. The first-order valence-electron chi connectivity index (χ1n) is 4.69. The zero-order valence-electron chi connectivity index (χ0n) is 7.94. The highest BCUT2D eigenvalue weighted by Crippen LogP contribution is 2.21. The molecule has 4 heteroatoms. The molecule has 0 radical (unpaired) electrons. The van der Waals surface area contributed by atoms with Crippen molar-refractivity contribution in [3.05, 3.63) is 0 Å². The standard InChI is InChI=1S/C9H17NO3/c1-7-4-8(9(12)13)6-10(5-7)2-3-11/h7-8,11H,2-6H2,1H3,(H,12,13). The number of aliphatic hydroxyl groups excluding tert-OH is 1. The molecule has 0 aromatic rings. The molecule has 0 aromatic carbocycles. The topological polar surface area (TPSA) is 60.8 Å². The number of carboxylic acid groups (broad SMARTS) is 1. The normalized spacial score (nSPS) is 30.3. The van der Waals surface area contributed by atoms with Crippen LogP contribution in [-0.2, 0) is 4.79 Å². The molecular formula is C9H17NO3. The first-order valence-corrected chi connectivity index (χ1v) is 4.69. The van der Waals surface area contributed by atoms with Gasteiger partial charge in [-0.1, -0.05) is 6.92 Å². The van der Waals surface area contributed by atoms with Crippen molar-refractivity contribution < 1.29 is 15.0 Å². The highest BCUT2D eigenvalue weighted by Gasteiger charge is 2.28. The minimum absolute atomic E-state index is 0.110. The van der Waals surface area contributed by atoms with Crippen molar-refractivity contribution in [1.29, 1.82) is 0 Å². The van der Waals surface area contributed by atoms with Gasteiger partial charge in [0.2, 0.25) is 0 Å². The predicted octanol–water partition coefficient (Wildman–Crippen LogP) is 0.0213. The minimum Gasteiger partial charge on any atom is -0.481 e. The van der Waals surface area contributed by atoms with E-state index in [9.17, 15) is 4.79 Å². The van der Waals surface area contributed by atoms with Gasteiger partial charge in [0, 0.05) is 19.6 Å². The molecule has 76 valence electrons. The third-order valence-electron chi connectivity index (χ3n) is 2.50. The van der Waals surface area contributed by atoms with Crippen molar-refractivity contribution >= 4 is 5.97 Å². The van der Waals surface area contributed by atoms with E-state index in [1.807, 2.05) is 4.90 Å². The Balaban J connectivity index is 2.47. The number of aliphatic carboxylic acids is 1. The molecule has 0 spiro atoms. The van der Waals surface area contributed by atoms with Gasteiger partial charge in [-0.2, -0.15) is 0 Å². The van der Waals surface area contributed by atoms with E-state index in [2.05, 4.69) is 6.92 Å². The lowest BCUT2D eigenvalue weighted by Gasteiger charge is -2.34. The highest BCUT2D eigenvalue weighted by atomic mass is 16.4. The fraction of sp³-hybridized carbons (Fsp3) is 0.889. The largest absolute Gasteiger partial charge is 0.481 e. The summed E-state index contributed by atoms with van der Waals surface area (Å²) < 4.78 is 0. The van der Waals surface area contributed by atoms with Gasteiger partial charge in [0.25, 0.3) is 0 Å². The van der Waals surface area contributed by atoms with Gasteiger partial charge < -0.3 is 10.2 Å². The second kappa shape index (κ2) is 4.58. The Morgan fingerprint density at radius 3 is 2.77 bits per heavy atom. The number of likely N-dealkylation sites (tertiary alicyclic amines) is 1. The zero-order chi connectivity index (χ0) is 9.84. The number of piperidine rings is 1. The molecule has 1 rings (SSSR count). The summed E-state index contributed by atoms with van der Waals surface area (Å²) in [4.78, 5) is 12.8. The summed E-state index contributed by atoms with van der Waals surface area (Å²) in [7, 11) is 0. The predicted molar refractivity (Wildman–Crippen MR) is 48.4 cm³/mol. The van der Waals surface area contributed by atoms with Crippen LogP contribution in [0.2, 0.25) is 0 Å². The van der Waals surface area contributed by atoms with Gasteiger partial charge in [-0.25, -0.2) is 0 Å². The lowest BCUT2D eigenvalue weighted by Crippen LogP contribution is -2.43. The number of carboxylic acids is 1. The molecular weight excluding hydrogens is 170 g/mol. The van der Waals surface area contributed by atoms with Crippen molar-refractivity contribution in [3.63, 3.8) is 0 Å². The van der Waals surface area contributed by atoms with Crippen LogP contribution in [0.1, 0.15) is 13.3 Å². The van der Waals surface area contributed by atoms with Crippen LogP contribution in [-0.4, -0.2) is 47.3 Å². The van der Waals surface area contributed by atoms with Gasteiger partial charge in [0.15, 0.2) is 0 Å². The third kappa shape index (κ3) is 2.97. The summed E-state index contributed by atoms with van der Waals surface area (Å²) in [5.41, 5.74) is 0. The summed E-state index contributed by atoms with van der Waals surface area (Å²) in [6.45, 7) is 4.25. The van der Waals surface area contributed by atoms with Crippen LogP contribution in [0.4, 0.5) is 0 Å². The number of hydrogen-bond donors (Lipinski definition) is 2. The Labute approximate surface area is 78.2 Å². The second-order valence-corrected chi connectivity index (χ2v) is 3.86. The van der Waals surface area contributed by atoms with Crippen LogP contribution < -0.4 is 0 Å². The maximum atomic E-state index is 10.8. The van der Waals surface area contributed by atoms with Gasteiger partial charge in [0.05, 0.1) is 12.5 Å². The summed E-state index contributed by atoms with van der Waals surface area (Å²) >= 11 is 0. The van der Waals surface area contributed by atoms with Crippen LogP contribution in [0.5, 0.6) is 0 Å². The van der Waals surface area contributed by atoms with E-state index in [1.165, 1.54) is 0 Å². The molecule has 0 saturated carbocycles. The van der Waals surface area contributed by atoms with Crippen molar-refractivity contribution in [3.8, 4) is 0 Å². The molecule has 4 nitrogen and oxygen atoms in total. The lowest BCUT2D eigenvalue weighted by molar-refractivity contribution is -0.144. The fourth-order valence-corrected chi connectivity index (χ4v) is 1.96. The molecule has 1 heterocycles. The van der Waals surface area contributed by atoms with Crippen LogP contribution in [0, 0.1) is 11.8 Å². The van der Waals surface area contributed by atoms with E-state index in [4.69, 9.17) is 10.2 Å². The molecule has 0 aromatic heterocycles. The van der Waals surface area contributed by atoms with E-state index in [-0.39, 0.29) is 12.5 Å². The second-order valence-electron chi connectivity index (χ2n) is 3.86. The molecule has 0 amide bonds. The average molecular weight is 187 g/mol. The molecule has 13 heavy (non-hydrogen) atoms. The van der Waals surface area contributed by atoms with Gasteiger partial charge in [0.1, 0.15) is 0 Å². The molecule has 2 N–H and O–H groups in total. The van der Waals surface area contributed by atoms with Gasteiger partial charge in [-0.05, 0) is 12.3 Å². The monoisotopic (exact) mass is 187 g/mol. The molecule has 1 aliphatic rings. The maximum Gasteiger partial charge on any atom is 0.307 e. The molecule has 2 atom stereocenters. The maximum absolute atomic E-state index is 10.8. The summed E-state index contributed by atoms with van der Waals surface area (Å²) in [6, 6.07) is 0. The quantitative estimate of drug-likeness (QED) is 0.654. The van der Waals surface area contributed by atoms with Crippen LogP contribution in [0.15, 0.2) is 0 Å². The highest BCUT2D eigenvalue weighted by molar-refractivity contribution is 5.70. The number of hydrogen-bond acceptors (Lipinski definition) is 3. The zero-order valence-corrected chi connectivity index (χ0v) is 7.94. The number of nitrogens with zero attached hydrogens (tertiary/aromatic N) is 1. The van der Waals surface area contributed by atoms with E-state index < -0.39 is 5.97 Å². The first kappa shape index (κ1) is 10.5. The number of carbonyl (C=O) groups is 1. The SMILES string of the molecule is CC1CC(C(=O)O)CN(CCO)C1. The first-order chi connectivity index (χ1) is 6.13. The molecule has 2 unspecified atom stereocenters. The van der Waals surface area contributed by atoms with Crippen LogP contribution in [0.3, 0.4) is 0 Å². The number of rotatable bonds is 3. The molecule has 1 fully saturated rings. The van der Waals surface area contributed by atoms with Crippen molar-refractivity contribution in [1.82, 2.24) is 4.90 Å². The molecule has 1 aliphatic heterocycles. The van der Waals surface area contributed by atoms with Crippen molar-refractivity contribution in [2.45, 2.75) is 13.3 Å². The Morgan fingerprint density at radius 2 is 2.23 bits per heavy atom. The van der Waals surface area contributed by atoms with Crippen LogP contribution in [0.25, 0.3) is 0 Å². The van der Waals surface area contributed by atoms with E-state index in [0.717, 1.165) is 13.0 Å². The summed E-state index contributed by atoms with van der Waals surface area (Å²) in [6.07, 6.45) is 0.761. The number of aliphatic hydroxyl groups is 1. The minimum atomic E-state index is -0.713. The van der Waals surface area contributed by atoms with Gasteiger partial charge >= 0.3 is 5.97 Å². The molecule has 0 aliphatic carbocycles. The van der Waals surface area contributed by atoms with Gasteiger partial charge in [-0.15, -0.1) is 0 Å². The Bertz CT molecular complexity index is 184. The molecule has 0 bridgehead atoms. The van der Waals surface area contributed by atoms with Gasteiger partial charge in [-0.3, -0.25) is 9.69 Å². The smallest absolute Gasteiger partial charge is 0.307 e. The third-order valence-corrected chi connectivity index (χ3v) is 2.50. The Hall–Kier alpha value is -0.610. The summed E-state index contributed by atoms with van der Waals surface area (Å²) in [5.74, 6) is -0.550. The Morgan fingerprint density at radius 1 is 1.54 bits per heavy atom. The molecule has 1 saturated heterocycles. The van der Waals surface area contributed by atoms with Crippen molar-refractivity contribution in [2.75, 3.05) is 26.2 Å². The fourth-order valence-electron chi connectivity index (χ4n) is 1.96. The van der Waals surface area contributed by atoms with E-state index in [1.54, 1.807) is 0 Å². The van der Waals surface area contributed by atoms with E-state index in [0.29, 0.717) is 19.0 Å². The van der Waals surface area contributed by atoms with Crippen LogP contribution >= 0.6 is 0 Å². The summed E-state index contributed by atoms with van der Waals surface area (Å²) in [5, 5.41) is 17.6. The average Bonchev–Trinajstić information content (AvgIpc) is 2.03. The van der Waals surface area contributed by atoms with Crippen molar-refractivity contribution in [2.24, 2.45) is 11.8 Å². The lowest BCUT2D eigenvalue weighted by atomic mass is 9.90. The Kier molecular flexibility index (Phi) is 3.69.